The van der Waals surface area contributed by atoms with Crippen LogP contribution >= 0.6 is 24.0 Å². The van der Waals surface area contributed by atoms with E-state index in [9.17, 15) is 4.79 Å². The lowest BCUT2D eigenvalue weighted by Crippen LogP contribution is -2.38. The molecule has 0 unspecified atom stereocenters. The number of hydrogen-bond donors (Lipinski definition) is 3. The molecular weight excluding hydrogens is 493 g/mol. The van der Waals surface area contributed by atoms with E-state index >= 15 is 0 Å². The van der Waals surface area contributed by atoms with E-state index in [-0.39, 0.29) is 29.9 Å². The van der Waals surface area contributed by atoms with Gasteiger partial charge in [0.25, 0.3) is 0 Å². The van der Waals surface area contributed by atoms with Gasteiger partial charge in [-0.1, -0.05) is 24.3 Å². The van der Waals surface area contributed by atoms with Crippen molar-refractivity contribution in [2.24, 2.45) is 4.99 Å². The second-order valence-corrected chi connectivity index (χ2v) is 7.72. The molecule has 168 valence electrons. The van der Waals surface area contributed by atoms with E-state index in [0.717, 1.165) is 71.2 Å². The number of aliphatic imine (C=N–C) groups is 1. The van der Waals surface area contributed by atoms with E-state index in [1.807, 2.05) is 0 Å². The third kappa shape index (κ3) is 9.18. The van der Waals surface area contributed by atoms with E-state index in [2.05, 4.69) is 52.0 Å². The number of carbonyl (C=O) groups is 1. The van der Waals surface area contributed by atoms with E-state index in [4.69, 9.17) is 9.73 Å². The number of carbonyl (C=O) groups excluding carboxylic acids is 1. The highest BCUT2D eigenvalue weighted by atomic mass is 127. The summed E-state index contributed by atoms with van der Waals surface area (Å²) < 4.78 is 5.45. The Kier molecular flexibility index (Phi) is 11.5. The van der Waals surface area contributed by atoms with Crippen LogP contribution in [-0.4, -0.2) is 62.2 Å². The molecule has 2 aliphatic rings. The Morgan fingerprint density at radius 2 is 1.90 bits per heavy atom. The first-order valence-electron chi connectivity index (χ1n) is 10.9. The maximum atomic E-state index is 11.8. The number of ether oxygens (including phenoxy) is 1. The second-order valence-electron chi connectivity index (χ2n) is 7.72. The summed E-state index contributed by atoms with van der Waals surface area (Å²) >= 11 is 0. The number of hydrogen-bond acceptors (Lipinski definition) is 4. The van der Waals surface area contributed by atoms with Crippen LogP contribution in [0.2, 0.25) is 0 Å². The highest BCUT2D eigenvalue weighted by Crippen LogP contribution is 2.18. The fourth-order valence-electron chi connectivity index (χ4n) is 3.36. The SMILES string of the molecule is CCNC(=NCc1ccccc1CN1CCOCC1)NCCCC(=O)NC1CC1.I. The summed E-state index contributed by atoms with van der Waals surface area (Å²) in [5, 5.41) is 9.67. The summed E-state index contributed by atoms with van der Waals surface area (Å²) in [6, 6.07) is 8.96. The largest absolute Gasteiger partial charge is 0.379 e. The monoisotopic (exact) mass is 529 g/mol. The van der Waals surface area contributed by atoms with Gasteiger partial charge in [-0.25, -0.2) is 4.99 Å². The zero-order valence-corrected chi connectivity index (χ0v) is 20.3. The molecule has 3 N–H and O–H groups in total. The van der Waals surface area contributed by atoms with Gasteiger partial charge in [-0.3, -0.25) is 9.69 Å². The molecule has 0 atom stereocenters. The molecule has 1 saturated heterocycles. The Bertz CT molecular complexity index is 675. The van der Waals surface area contributed by atoms with Gasteiger partial charge in [0.05, 0.1) is 19.8 Å². The van der Waals surface area contributed by atoms with Crippen LogP contribution in [-0.2, 0) is 22.6 Å². The Hall–Kier alpha value is -1.39. The molecule has 0 bridgehead atoms. The summed E-state index contributed by atoms with van der Waals surface area (Å²) in [6.07, 6.45) is 3.63. The summed E-state index contributed by atoms with van der Waals surface area (Å²) in [5.74, 6) is 0.963. The molecule has 1 aromatic carbocycles. The quantitative estimate of drug-likeness (QED) is 0.188. The zero-order chi connectivity index (χ0) is 20.3. The minimum atomic E-state index is 0. The summed E-state index contributed by atoms with van der Waals surface area (Å²) in [7, 11) is 0. The standard InChI is InChI=1S/C22H35N5O2.HI/c1-2-23-22(24-11-5-8-21(28)26-20-9-10-20)25-16-18-6-3-4-7-19(18)17-27-12-14-29-15-13-27;/h3-4,6-7,20H,2,5,8-17H2,1H3,(H,26,28)(H2,23,24,25);1H. The van der Waals surface area contributed by atoms with Gasteiger partial charge < -0.3 is 20.7 Å². The van der Waals surface area contributed by atoms with Crippen LogP contribution in [0.3, 0.4) is 0 Å². The van der Waals surface area contributed by atoms with Gasteiger partial charge in [0.2, 0.25) is 5.91 Å². The Balaban J connectivity index is 0.00000320. The molecule has 1 aliphatic carbocycles. The predicted molar refractivity (Wildman–Crippen MR) is 131 cm³/mol. The van der Waals surface area contributed by atoms with Crippen molar-refractivity contribution in [2.45, 2.75) is 51.7 Å². The van der Waals surface area contributed by atoms with E-state index in [0.29, 0.717) is 19.0 Å². The zero-order valence-electron chi connectivity index (χ0n) is 18.0. The van der Waals surface area contributed by atoms with Crippen molar-refractivity contribution < 1.29 is 9.53 Å². The lowest BCUT2D eigenvalue weighted by molar-refractivity contribution is -0.121. The van der Waals surface area contributed by atoms with Crippen LogP contribution in [0.4, 0.5) is 0 Å². The molecule has 3 rings (SSSR count). The molecule has 0 aromatic heterocycles. The van der Waals surface area contributed by atoms with Gasteiger partial charge in [0.15, 0.2) is 5.96 Å². The van der Waals surface area contributed by atoms with Crippen molar-refractivity contribution in [2.75, 3.05) is 39.4 Å². The van der Waals surface area contributed by atoms with Gasteiger partial charge >= 0.3 is 0 Å². The average Bonchev–Trinajstić information content (AvgIpc) is 3.55. The first kappa shape index (κ1) is 24.9. The molecule has 30 heavy (non-hydrogen) atoms. The van der Waals surface area contributed by atoms with E-state index in [1.54, 1.807) is 0 Å². The Morgan fingerprint density at radius 1 is 1.17 bits per heavy atom. The molecule has 1 aliphatic heterocycles. The predicted octanol–water partition coefficient (Wildman–Crippen LogP) is 2.25. The topological polar surface area (TPSA) is 78.0 Å². The van der Waals surface area contributed by atoms with Gasteiger partial charge in [-0.2, -0.15) is 0 Å². The number of rotatable bonds is 10. The van der Waals surface area contributed by atoms with Crippen molar-refractivity contribution in [1.82, 2.24) is 20.9 Å². The van der Waals surface area contributed by atoms with E-state index < -0.39 is 0 Å². The van der Waals surface area contributed by atoms with Crippen LogP contribution in [0.1, 0.15) is 43.7 Å². The fourth-order valence-corrected chi connectivity index (χ4v) is 3.36. The number of benzene rings is 1. The number of amides is 1. The van der Waals surface area contributed by atoms with Gasteiger partial charge in [-0.05, 0) is 37.3 Å². The molecule has 1 amide bonds. The van der Waals surface area contributed by atoms with Gasteiger partial charge in [0.1, 0.15) is 0 Å². The highest BCUT2D eigenvalue weighted by Gasteiger charge is 2.22. The number of morpholine rings is 1. The number of guanidine groups is 1. The molecule has 1 saturated carbocycles. The lowest BCUT2D eigenvalue weighted by Gasteiger charge is -2.27. The molecule has 1 heterocycles. The molecule has 1 aromatic rings. The first-order valence-corrected chi connectivity index (χ1v) is 10.9. The molecule has 2 fully saturated rings. The summed E-state index contributed by atoms with van der Waals surface area (Å²) in [5.41, 5.74) is 2.57. The normalized spacial score (nSPS) is 17.2. The molecular formula is C22H36IN5O2. The Labute approximate surface area is 197 Å². The fraction of sp³-hybridized carbons (Fsp3) is 0.636. The minimum Gasteiger partial charge on any atom is -0.379 e. The second kappa shape index (κ2) is 13.8. The number of nitrogens with zero attached hydrogens (tertiary/aromatic N) is 2. The van der Waals surface area contributed by atoms with Gasteiger partial charge in [-0.15, -0.1) is 24.0 Å². The van der Waals surface area contributed by atoms with Crippen molar-refractivity contribution in [3.05, 3.63) is 35.4 Å². The van der Waals surface area contributed by atoms with Crippen LogP contribution in [0.15, 0.2) is 29.3 Å². The molecule has 8 heteroatoms. The third-order valence-electron chi connectivity index (χ3n) is 5.18. The maximum absolute atomic E-state index is 11.8. The summed E-state index contributed by atoms with van der Waals surface area (Å²) in [4.78, 5) is 19.0. The van der Waals surface area contributed by atoms with Crippen LogP contribution in [0, 0.1) is 0 Å². The van der Waals surface area contributed by atoms with Crippen molar-refractivity contribution in [3.8, 4) is 0 Å². The third-order valence-corrected chi connectivity index (χ3v) is 5.18. The molecule has 0 spiro atoms. The number of halogens is 1. The van der Waals surface area contributed by atoms with Crippen LogP contribution in [0.5, 0.6) is 0 Å². The maximum Gasteiger partial charge on any atom is 0.220 e. The average molecular weight is 529 g/mol. The smallest absolute Gasteiger partial charge is 0.220 e. The summed E-state index contributed by atoms with van der Waals surface area (Å²) in [6.45, 7) is 8.77. The lowest BCUT2D eigenvalue weighted by atomic mass is 10.1. The van der Waals surface area contributed by atoms with Crippen molar-refractivity contribution >= 4 is 35.8 Å². The van der Waals surface area contributed by atoms with Crippen LogP contribution < -0.4 is 16.0 Å². The molecule has 7 nitrogen and oxygen atoms in total. The first-order chi connectivity index (χ1) is 14.2. The van der Waals surface area contributed by atoms with E-state index in [1.165, 1.54) is 11.1 Å². The highest BCUT2D eigenvalue weighted by molar-refractivity contribution is 14.0. The van der Waals surface area contributed by atoms with Gasteiger partial charge in [0, 0.05) is 45.2 Å². The number of nitrogens with one attached hydrogen (secondary N) is 3. The van der Waals surface area contributed by atoms with Crippen LogP contribution in [0.25, 0.3) is 0 Å². The van der Waals surface area contributed by atoms with Crippen molar-refractivity contribution in [3.63, 3.8) is 0 Å². The Morgan fingerprint density at radius 3 is 2.60 bits per heavy atom. The minimum absolute atomic E-state index is 0. The molecule has 0 radical (unpaired) electrons. The van der Waals surface area contributed by atoms with Crippen molar-refractivity contribution in [1.29, 1.82) is 0 Å².